The van der Waals surface area contributed by atoms with Gasteiger partial charge in [0.15, 0.2) is 0 Å². The zero-order valence-corrected chi connectivity index (χ0v) is 12.8. The molecule has 3 aromatic rings. The highest BCUT2D eigenvalue weighted by Crippen LogP contribution is 2.21. The maximum Gasteiger partial charge on any atom is 0.261 e. The standard InChI is InChI=1S/C19H18N2O2/c22-19-16-10-4-5-11-17(16)20-18(14-7-2-1-3-8-14)21(19)13-15-9-6-12-23-15/h1-5,7-8,10-11,15H,6,9,12-13H2/t15-/m0/s1. The molecule has 1 aromatic heterocycles. The van der Waals surface area contributed by atoms with Gasteiger partial charge in [0.2, 0.25) is 0 Å². The molecule has 0 aliphatic carbocycles. The van der Waals surface area contributed by atoms with Crippen molar-refractivity contribution in [2.45, 2.75) is 25.5 Å². The van der Waals surface area contributed by atoms with E-state index in [1.165, 1.54) is 0 Å². The Morgan fingerprint density at radius 1 is 1.09 bits per heavy atom. The van der Waals surface area contributed by atoms with Crippen LogP contribution in [0.4, 0.5) is 0 Å². The van der Waals surface area contributed by atoms with Crippen LogP contribution in [0.2, 0.25) is 0 Å². The van der Waals surface area contributed by atoms with Gasteiger partial charge in [0.05, 0.1) is 23.6 Å². The van der Waals surface area contributed by atoms with Gasteiger partial charge in [-0.15, -0.1) is 0 Å². The first kappa shape index (κ1) is 14.2. The predicted molar refractivity (Wildman–Crippen MR) is 90.4 cm³/mol. The normalized spacial score (nSPS) is 17.7. The number of benzene rings is 2. The molecule has 1 aliphatic rings. The Labute approximate surface area is 134 Å². The van der Waals surface area contributed by atoms with Gasteiger partial charge in [-0.25, -0.2) is 4.98 Å². The number of para-hydroxylation sites is 1. The van der Waals surface area contributed by atoms with Gasteiger partial charge in [0, 0.05) is 12.2 Å². The lowest BCUT2D eigenvalue weighted by molar-refractivity contribution is 0.0965. The summed E-state index contributed by atoms with van der Waals surface area (Å²) in [5.41, 5.74) is 1.69. The van der Waals surface area contributed by atoms with E-state index in [1.54, 1.807) is 4.57 Å². The molecule has 2 heterocycles. The molecule has 4 nitrogen and oxygen atoms in total. The fourth-order valence-electron chi connectivity index (χ4n) is 3.14. The first-order valence-electron chi connectivity index (χ1n) is 7.99. The van der Waals surface area contributed by atoms with Gasteiger partial charge < -0.3 is 4.74 Å². The predicted octanol–water partition coefficient (Wildman–Crippen LogP) is 3.24. The van der Waals surface area contributed by atoms with E-state index < -0.39 is 0 Å². The summed E-state index contributed by atoms with van der Waals surface area (Å²) >= 11 is 0. The SMILES string of the molecule is O=c1c2ccccc2nc(-c2ccccc2)n1C[C@@H]1CCCO1. The van der Waals surface area contributed by atoms with Crippen LogP contribution >= 0.6 is 0 Å². The molecule has 4 rings (SSSR count). The number of rotatable bonds is 3. The molecule has 0 bridgehead atoms. The molecule has 1 saturated heterocycles. The van der Waals surface area contributed by atoms with Crippen LogP contribution in [0.5, 0.6) is 0 Å². The molecule has 0 unspecified atom stereocenters. The second kappa shape index (κ2) is 5.97. The molecule has 0 radical (unpaired) electrons. The Hall–Kier alpha value is -2.46. The fraction of sp³-hybridized carbons (Fsp3) is 0.263. The summed E-state index contributed by atoms with van der Waals surface area (Å²) in [5, 5.41) is 0.658. The highest BCUT2D eigenvalue weighted by atomic mass is 16.5. The van der Waals surface area contributed by atoms with Gasteiger partial charge >= 0.3 is 0 Å². The summed E-state index contributed by atoms with van der Waals surface area (Å²) in [6.45, 7) is 1.34. The van der Waals surface area contributed by atoms with Crippen LogP contribution in [0.15, 0.2) is 59.4 Å². The van der Waals surface area contributed by atoms with Crippen molar-refractivity contribution in [3.8, 4) is 11.4 Å². The van der Waals surface area contributed by atoms with Crippen LogP contribution in [0.1, 0.15) is 12.8 Å². The van der Waals surface area contributed by atoms with Crippen molar-refractivity contribution in [2.75, 3.05) is 6.61 Å². The number of ether oxygens (including phenoxy) is 1. The maximum absolute atomic E-state index is 13.0. The summed E-state index contributed by atoms with van der Waals surface area (Å²) in [6, 6.07) is 17.4. The first-order chi connectivity index (χ1) is 11.3. The van der Waals surface area contributed by atoms with Gasteiger partial charge in [-0.3, -0.25) is 9.36 Å². The van der Waals surface area contributed by atoms with Crippen molar-refractivity contribution >= 4 is 10.9 Å². The minimum Gasteiger partial charge on any atom is -0.376 e. The zero-order chi connectivity index (χ0) is 15.6. The van der Waals surface area contributed by atoms with Crippen molar-refractivity contribution in [3.63, 3.8) is 0 Å². The minimum absolute atomic E-state index is 0.00459. The lowest BCUT2D eigenvalue weighted by Crippen LogP contribution is -2.28. The Bertz CT molecular complexity index is 881. The van der Waals surface area contributed by atoms with Crippen LogP contribution in [-0.2, 0) is 11.3 Å². The van der Waals surface area contributed by atoms with Gasteiger partial charge in [0.1, 0.15) is 5.82 Å². The molecule has 2 aromatic carbocycles. The Morgan fingerprint density at radius 3 is 2.65 bits per heavy atom. The van der Waals surface area contributed by atoms with Crippen LogP contribution in [-0.4, -0.2) is 22.3 Å². The third-order valence-electron chi connectivity index (χ3n) is 4.30. The summed E-state index contributed by atoms with van der Waals surface area (Å²) < 4.78 is 7.50. The summed E-state index contributed by atoms with van der Waals surface area (Å²) in [7, 11) is 0. The Morgan fingerprint density at radius 2 is 1.87 bits per heavy atom. The first-order valence-corrected chi connectivity index (χ1v) is 7.99. The van der Waals surface area contributed by atoms with E-state index in [-0.39, 0.29) is 11.7 Å². The van der Waals surface area contributed by atoms with Gasteiger partial charge in [-0.05, 0) is 25.0 Å². The quantitative estimate of drug-likeness (QED) is 0.746. The smallest absolute Gasteiger partial charge is 0.261 e. The van der Waals surface area contributed by atoms with E-state index in [4.69, 9.17) is 9.72 Å². The number of hydrogen-bond acceptors (Lipinski definition) is 3. The molecule has 23 heavy (non-hydrogen) atoms. The third kappa shape index (κ3) is 2.66. The monoisotopic (exact) mass is 306 g/mol. The maximum atomic E-state index is 13.0. The van der Waals surface area contributed by atoms with E-state index >= 15 is 0 Å². The summed E-state index contributed by atoms with van der Waals surface area (Å²) in [4.78, 5) is 17.7. The van der Waals surface area contributed by atoms with Crippen LogP contribution in [0, 0.1) is 0 Å². The van der Waals surface area contributed by atoms with Crippen molar-refractivity contribution < 1.29 is 4.74 Å². The van der Waals surface area contributed by atoms with Crippen LogP contribution < -0.4 is 5.56 Å². The molecule has 0 saturated carbocycles. The van der Waals surface area contributed by atoms with Crippen molar-refractivity contribution in [2.24, 2.45) is 0 Å². The molecule has 1 atom stereocenters. The lowest BCUT2D eigenvalue weighted by atomic mass is 10.1. The largest absolute Gasteiger partial charge is 0.376 e. The van der Waals surface area contributed by atoms with Crippen molar-refractivity contribution in [1.82, 2.24) is 9.55 Å². The molecular weight excluding hydrogens is 288 g/mol. The van der Waals surface area contributed by atoms with Gasteiger partial charge in [0.25, 0.3) is 5.56 Å². The average Bonchev–Trinajstić information content (AvgIpc) is 3.11. The van der Waals surface area contributed by atoms with E-state index in [2.05, 4.69) is 0 Å². The zero-order valence-electron chi connectivity index (χ0n) is 12.8. The molecule has 1 fully saturated rings. The molecule has 0 spiro atoms. The van der Waals surface area contributed by atoms with Crippen molar-refractivity contribution in [3.05, 3.63) is 65.0 Å². The van der Waals surface area contributed by atoms with E-state index in [0.717, 1.165) is 30.5 Å². The molecular formula is C19H18N2O2. The number of nitrogens with zero attached hydrogens (tertiary/aromatic N) is 2. The van der Waals surface area contributed by atoms with Gasteiger partial charge in [-0.2, -0.15) is 0 Å². The number of hydrogen-bond donors (Lipinski definition) is 0. The Kier molecular flexibility index (Phi) is 3.67. The van der Waals surface area contributed by atoms with E-state index in [9.17, 15) is 4.79 Å². The average molecular weight is 306 g/mol. The van der Waals surface area contributed by atoms with E-state index in [1.807, 2.05) is 54.6 Å². The summed E-state index contributed by atoms with van der Waals surface area (Å²) in [6.07, 6.45) is 2.15. The van der Waals surface area contributed by atoms with Crippen LogP contribution in [0.25, 0.3) is 22.3 Å². The van der Waals surface area contributed by atoms with Crippen molar-refractivity contribution in [1.29, 1.82) is 0 Å². The second-order valence-corrected chi connectivity index (χ2v) is 5.87. The van der Waals surface area contributed by atoms with E-state index in [0.29, 0.717) is 17.8 Å². The van der Waals surface area contributed by atoms with Crippen LogP contribution in [0.3, 0.4) is 0 Å². The highest BCUT2D eigenvalue weighted by Gasteiger charge is 2.20. The molecule has 0 N–H and O–H groups in total. The molecule has 1 aliphatic heterocycles. The second-order valence-electron chi connectivity index (χ2n) is 5.87. The third-order valence-corrected chi connectivity index (χ3v) is 4.30. The number of fused-ring (bicyclic) bond motifs is 1. The fourth-order valence-corrected chi connectivity index (χ4v) is 3.14. The molecule has 4 heteroatoms. The summed E-state index contributed by atoms with van der Waals surface area (Å²) in [5.74, 6) is 0.713. The molecule has 116 valence electrons. The van der Waals surface area contributed by atoms with Gasteiger partial charge in [-0.1, -0.05) is 42.5 Å². The highest BCUT2D eigenvalue weighted by molar-refractivity contribution is 5.79. The Balaban J connectivity index is 1.92. The number of aromatic nitrogens is 2. The topological polar surface area (TPSA) is 44.1 Å². The lowest BCUT2D eigenvalue weighted by Gasteiger charge is -2.17. The molecule has 0 amide bonds. The minimum atomic E-state index is 0.00459.